The van der Waals surface area contributed by atoms with Gasteiger partial charge in [-0.05, 0) is 30.2 Å². The highest BCUT2D eigenvalue weighted by Gasteiger charge is 2.05. The van der Waals surface area contributed by atoms with Crippen LogP contribution in [0.2, 0.25) is 0 Å². The number of primary amides is 1. The smallest absolute Gasteiger partial charge is 0.248 e. The van der Waals surface area contributed by atoms with Crippen molar-refractivity contribution >= 4 is 23.1 Å². The van der Waals surface area contributed by atoms with Gasteiger partial charge in [0.2, 0.25) is 5.91 Å². The van der Waals surface area contributed by atoms with Crippen molar-refractivity contribution < 1.29 is 4.79 Å². The molecule has 0 bridgehead atoms. The molecule has 0 aliphatic rings. The molecule has 0 aliphatic heterocycles. The Morgan fingerprint density at radius 2 is 2.07 bits per heavy atom. The Kier molecular flexibility index (Phi) is 3.19. The number of benzene rings is 1. The number of thiocarbonyl (C=S) groups is 1. The molecule has 0 unspecified atom stereocenters. The number of carbonyl (C=O) groups excluding carboxylic acids is 1. The average molecular weight is 208 g/mol. The Bertz CT molecular complexity index is 388. The van der Waals surface area contributed by atoms with Crippen LogP contribution in [0.4, 0.5) is 0 Å². The van der Waals surface area contributed by atoms with Crippen LogP contribution < -0.4 is 11.5 Å². The third-order valence-corrected chi connectivity index (χ3v) is 2.14. The number of hydrogen-bond acceptors (Lipinski definition) is 2. The molecule has 0 heterocycles. The van der Waals surface area contributed by atoms with Crippen LogP contribution in [0.15, 0.2) is 18.2 Å². The molecule has 0 aromatic heterocycles. The van der Waals surface area contributed by atoms with Crippen molar-refractivity contribution in [3.63, 3.8) is 0 Å². The zero-order valence-corrected chi connectivity index (χ0v) is 8.73. The molecule has 0 fully saturated rings. The molecular formula is C10H12N2OS. The molecule has 4 N–H and O–H groups in total. The topological polar surface area (TPSA) is 69.1 Å². The van der Waals surface area contributed by atoms with Crippen LogP contribution in [0.5, 0.6) is 0 Å². The van der Waals surface area contributed by atoms with Crippen LogP contribution in [0, 0.1) is 6.92 Å². The molecule has 0 saturated heterocycles. The van der Waals surface area contributed by atoms with Gasteiger partial charge in [0.05, 0.1) is 4.99 Å². The monoisotopic (exact) mass is 208 g/mol. The highest BCUT2D eigenvalue weighted by atomic mass is 32.1. The van der Waals surface area contributed by atoms with Gasteiger partial charge in [0.1, 0.15) is 0 Å². The lowest BCUT2D eigenvalue weighted by atomic mass is 10.0. The molecule has 74 valence electrons. The number of hydrogen-bond donors (Lipinski definition) is 2. The standard InChI is InChI=1S/C10H12N2OS/c1-6-2-3-7(10(12)13)4-8(6)5-9(11)14/h2-4H,5H2,1H3,(H2,11,14)(H2,12,13). The van der Waals surface area contributed by atoms with E-state index in [1.165, 1.54) is 0 Å². The highest BCUT2D eigenvalue weighted by Crippen LogP contribution is 2.11. The molecule has 0 radical (unpaired) electrons. The minimum Gasteiger partial charge on any atom is -0.393 e. The quantitative estimate of drug-likeness (QED) is 0.726. The first-order chi connectivity index (χ1) is 6.50. The Balaban J connectivity index is 3.08. The van der Waals surface area contributed by atoms with Gasteiger partial charge >= 0.3 is 0 Å². The summed E-state index contributed by atoms with van der Waals surface area (Å²) in [5.74, 6) is -0.436. The maximum Gasteiger partial charge on any atom is 0.248 e. The van der Waals surface area contributed by atoms with E-state index in [0.29, 0.717) is 17.0 Å². The zero-order valence-electron chi connectivity index (χ0n) is 7.91. The van der Waals surface area contributed by atoms with Gasteiger partial charge in [0.25, 0.3) is 0 Å². The fourth-order valence-corrected chi connectivity index (χ4v) is 1.36. The Hall–Kier alpha value is -1.42. The first-order valence-corrected chi connectivity index (χ1v) is 4.59. The lowest BCUT2D eigenvalue weighted by Gasteiger charge is -2.05. The molecule has 0 atom stereocenters. The number of rotatable bonds is 3. The number of nitrogens with two attached hydrogens (primary N) is 2. The fourth-order valence-electron chi connectivity index (χ4n) is 1.20. The van der Waals surface area contributed by atoms with E-state index in [1.54, 1.807) is 12.1 Å². The molecule has 1 aromatic rings. The maximum absolute atomic E-state index is 10.9. The molecule has 14 heavy (non-hydrogen) atoms. The number of aryl methyl sites for hydroxylation is 1. The molecule has 1 aromatic carbocycles. The summed E-state index contributed by atoms with van der Waals surface area (Å²) in [7, 11) is 0. The molecule has 4 heteroatoms. The normalized spacial score (nSPS) is 9.79. The summed E-state index contributed by atoms with van der Waals surface area (Å²) < 4.78 is 0. The van der Waals surface area contributed by atoms with E-state index in [2.05, 4.69) is 0 Å². The van der Waals surface area contributed by atoms with Crippen LogP contribution in [-0.2, 0) is 6.42 Å². The van der Waals surface area contributed by atoms with Gasteiger partial charge in [-0.2, -0.15) is 0 Å². The summed E-state index contributed by atoms with van der Waals surface area (Å²) in [6.07, 6.45) is 0.502. The van der Waals surface area contributed by atoms with Crippen molar-refractivity contribution in [1.29, 1.82) is 0 Å². The van der Waals surface area contributed by atoms with Gasteiger partial charge in [-0.1, -0.05) is 18.3 Å². The fraction of sp³-hybridized carbons (Fsp3) is 0.200. The summed E-state index contributed by atoms with van der Waals surface area (Å²) in [5, 5.41) is 0. The van der Waals surface area contributed by atoms with E-state index in [-0.39, 0.29) is 0 Å². The second kappa shape index (κ2) is 4.19. The molecule has 1 rings (SSSR count). The van der Waals surface area contributed by atoms with Crippen molar-refractivity contribution in [2.24, 2.45) is 11.5 Å². The lowest BCUT2D eigenvalue weighted by molar-refractivity contribution is 0.1000. The summed E-state index contributed by atoms with van der Waals surface area (Å²) in [6, 6.07) is 5.27. The third kappa shape index (κ3) is 2.53. The second-order valence-corrected chi connectivity index (χ2v) is 3.67. The van der Waals surface area contributed by atoms with Gasteiger partial charge in [-0.25, -0.2) is 0 Å². The van der Waals surface area contributed by atoms with E-state index in [9.17, 15) is 4.79 Å². The van der Waals surface area contributed by atoms with Crippen molar-refractivity contribution in [3.8, 4) is 0 Å². The lowest BCUT2D eigenvalue weighted by Crippen LogP contribution is -2.15. The largest absolute Gasteiger partial charge is 0.393 e. The Morgan fingerprint density at radius 3 is 2.57 bits per heavy atom. The summed E-state index contributed by atoms with van der Waals surface area (Å²) in [5.41, 5.74) is 13.1. The Morgan fingerprint density at radius 1 is 1.43 bits per heavy atom. The second-order valence-electron chi connectivity index (χ2n) is 3.15. The highest BCUT2D eigenvalue weighted by molar-refractivity contribution is 7.80. The van der Waals surface area contributed by atoms with E-state index in [4.69, 9.17) is 23.7 Å². The maximum atomic E-state index is 10.9. The van der Waals surface area contributed by atoms with Crippen molar-refractivity contribution in [3.05, 3.63) is 34.9 Å². The van der Waals surface area contributed by atoms with Gasteiger partial charge in [0, 0.05) is 12.0 Å². The van der Waals surface area contributed by atoms with E-state index < -0.39 is 5.91 Å². The van der Waals surface area contributed by atoms with Crippen LogP contribution >= 0.6 is 12.2 Å². The molecule has 0 aliphatic carbocycles. The summed E-state index contributed by atoms with van der Waals surface area (Å²) in [4.78, 5) is 11.3. The van der Waals surface area contributed by atoms with Gasteiger partial charge in [-0.3, -0.25) is 4.79 Å². The third-order valence-electron chi connectivity index (χ3n) is 2.00. The average Bonchev–Trinajstić information content (AvgIpc) is 2.07. The molecule has 1 amide bonds. The zero-order chi connectivity index (χ0) is 10.7. The van der Waals surface area contributed by atoms with Gasteiger partial charge < -0.3 is 11.5 Å². The van der Waals surface area contributed by atoms with Gasteiger partial charge in [-0.15, -0.1) is 0 Å². The predicted octanol–water partition coefficient (Wildman–Crippen LogP) is 0.923. The Labute approximate surface area is 88.1 Å². The van der Waals surface area contributed by atoms with Crippen LogP contribution in [0.1, 0.15) is 21.5 Å². The van der Waals surface area contributed by atoms with Crippen molar-refractivity contribution in [1.82, 2.24) is 0 Å². The van der Waals surface area contributed by atoms with Gasteiger partial charge in [0.15, 0.2) is 0 Å². The molecule has 0 spiro atoms. The van der Waals surface area contributed by atoms with E-state index in [0.717, 1.165) is 11.1 Å². The first-order valence-electron chi connectivity index (χ1n) is 4.18. The first kappa shape index (κ1) is 10.7. The summed E-state index contributed by atoms with van der Waals surface area (Å²) >= 11 is 4.81. The minimum absolute atomic E-state index is 0.412. The van der Waals surface area contributed by atoms with E-state index >= 15 is 0 Å². The van der Waals surface area contributed by atoms with Crippen molar-refractivity contribution in [2.45, 2.75) is 13.3 Å². The van der Waals surface area contributed by atoms with Crippen LogP contribution in [0.25, 0.3) is 0 Å². The van der Waals surface area contributed by atoms with E-state index in [1.807, 2.05) is 13.0 Å². The number of amides is 1. The van der Waals surface area contributed by atoms with Crippen LogP contribution in [0.3, 0.4) is 0 Å². The minimum atomic E-state index is -0.436. The molecule has 0 saturated carbocycles. The molecular weight excluding hydrogens is 196 g/mol. The predicted molar refractivity (Wildman–Crippen MR) is 60.2 cm³/mol. The SMILES string of the molecule is Cc1ccc(C(N)=O)cc1CC(N)=S. The summed E-state index contributed by atoms with van der Waals surface area (Å²) in [6.45, 7) is 1.94. The molecule has 3 nitrogen and oxygen atoms in total. The number of carbonyl (C=O) groups is 1. The van der Waals surface area contributed by atoms with Crippen LogP contribution in [-0.4, -0.2) is 10.9 Å². The van der Waals surface area contributed by atoms with Crippen molar-refractivity contribution in [2.75, 3.05) is 0 Å².